The second-order valence-corrected chi connectivity index (χ2v) is 7.61. The smallest absolute Gasteiger partial charge is 0.283 e. The highest BCUT2D eigenvalue weighted by molar-refractivity contribution is 7.92. The van der Waals surface area contributed by atoms with Crippen molar-refractivity contribution in [1.82, 2.24) is 4.90 Å². The second kappa shape index (κ2) is 6.69. The summed E-state index contributed by atoms with van der Waals surface area (Å²) in [6.07, 6.45) is -4.73. The van der Waals surface area contributed by atoms with Crippen LogP contribution in [0.15, 0.2) is 48.5 Å². The van der Waals surface area contributed by atoms with Gasteiger partial charge in [0, 0.05) is 6.54 Å². The molecular weight excluding hydrogens is 385 g/mol. The molecule has 2 amide bonds. The minimum atomic E-state index is -4.73. The van der Waals surface area contributed by atoms with E-state index in [1.165, 1.54) is 18.2 Å². The SMILES string of the molecule is O=C1c2ccccc2C(=O)N1CCS(=O)(=O)Nc1ccccc1C(F)(F)F. The normalized spacial score (nSPS) is 14.4. The van der Waals surface area contributed by atoms with Crippen LogP contribution < -0.4 is 4.72 Å². The van der Waals surface area contributed by atoms with E-state index >= 15 is 0 Å². The molecule has 10 heteroatoms. The van der Waals surface area contributed by atoms with Gasteiger partial charge in [-0.1, -0.05) is 24.3 Å². The maximum Gasteiger partial charge on any atom is 0.418 e. The topological polar surface area (TPSA) is 83.6 Å². The van der Waals surface area contributed by atoms with Crippen LogP contribution in [0.5, 0.6) is 0 Å². The van der Waals surface area contributed by atoms with E-state index in [4.69, 9.17) is 0 Å². The summed E-state index contributed by atoms with van der Waals surface area (Å²) in [7, 11) is -4.24. The van der Waals surface area contributed by atoms with Crippen LogP contribution in [0.3, 0.4) is 0 Å². The first-order valence-electron chi connectivity index (χ1n) is 7.72. The standard InChI is InChI=1S/C17H13F3N2O4S/c18-17(19,20)13-7-3-4-8-14(13)21-27(25,26)10-9-22-15(23)11-5-1-2-6-12(11)16(22)24/h1-8,21H,9-10H2. The lowest BCUT2D eigenvalue weighted by Crippen LogP contribution is -2.35. The third-order valence-electron chi connectivity index (χ3n) is 3.96. The van der Waals surface area contributed by atoms with E-state index in [0.29, 0.717) is 0 Å². The zero-order valence-corrected chi connectivity index (χ0v) is 14.5. The fourth-order valence-corrected chi connectivity index (χ4v) is 3.73. The van der Waals surface area contributed by atoms with Gasteiger partial charge in [0.2, 0.25) is 10.0 Å². The molecular formula is C17H13F3N2O4S. The molecule has 6 nitrogen and oxygen atoms in total. The summed E-state index contributed by atoms with van der Waals surface area (Å²) in [4.78, 5) is 25.2. The molecule has 142 valence electrons. The second-order valence-electron chi connectivity index (χ2n) is 5.77. The van der Waals surface area contributed by atoms with Gasteiger partial charge in [0.1, 0.15) is 0 Å². The van der Waals surface area contributed by atoms with Gasteiger partial charge in [-0.25, -0.2) is 8.42 Å². The van der Waals surface area contributed by atoms with Gasteiger partial charge >= 0.3 is 6.18 Å². The van der Waals surface area contributed by atoms with Gasteiger partial charge in [-0.05, 0) is 24.3 Å². The number of halogens is 3. The number of hydrogen-bond donors (Lipinski definition) is 1. The summed E-state index contributed by atoms with van der Waals surface area (Å²) < 4.78 is 65.2. The molecule has 0 aromatic heterocycles. The Kier molecular flexibility index (Phi) is 4.68. The number of imide groups is 1. The van der Waals surface area contributed by atoms with Crippen LogP contribution in [-0.2, 0) is 16.2 Å². The molecule has 0 atom stereocenters. The Morgan fingerprint density at radius 2 is 1.41 bits per heavy atom. The Labute approximate surface area is 152 Å². The summed E-state index contributed by atoms with van der Waals surface area (Å²) >= 11 is 0. The first-order valence-corrected chi connectivity index (χ1v) is 9.37. The number of nitrogens with one attached hydrogen (secondary N) is 1. The zero-order chi connectivity index (χ0) is 19.8. The fraction of sp³-hybridized carbons (Fsp3) is 0.176. The van der Waals surface area contributed by atoms with Gasteiger partial charge in [0.05, 0.1) is 28.1 Å². The molecule has 1 aliphatic heterocycles. The van der Waals surface area contributed by atoms with Gasteiger partial charge in [0.25, 0.3) is 11.8 Å². The van der Waals surface area contributed by atoms with E-state index in [9.17, 15) is 31.2 Å². The van der Waals surface area contributed by atoms with Gasteiger partial charge in [-0.15, -0.1) is 0 Å². The molecule has 0 unspecified atom stereocenters. The number of nitrogens with zero attached hydrogens (tertiary/aromatic N) is 1. The van der Waals surface area contributed by atoms with E-state index in [1.54, 1.807) is 12.1 Å². The number of para-hydroxylation sites is 1. The minimum absolute atomic E-state index is 0.162. The number of alkyl halides is 3. The maximum atomic E-state index is 13.0. The first kappa shape index (κ1) is 18.9. The summed E-state index contributed by atoms with van der Waals surface area (Å²) in [5.41, 5.74) is -1.42. The van der Waals surface area contributed by atoms with Crippen molar-refractivity contribution in [2.24, 2.45) is 0 Å². The molecule has 27 heavy (non-hydrogen) atoms. The van der Waals surface area contributed by atoms with Gasteiger partial charge in [-0.3, -0.25) is 19.2 Å². The van der Waals surface area contributed by atoms with E-state index in [2.05, 4.69) is 0 Å². The quantitative estimate of drug-likeness (QED) is 0.785. The molecule has 2 aromatic rings. The average Bonchev–Trinajstić information content (AvgIpc) is 2.84. The zero-order valence-electron chi connectivity index (χ0n) is 13.7. The highest BCUT2D eigenvalue weighted by atomic mass is 32.2. The third kappa shape index (κ3) is 3.80. The van der Waals surface area contributed by atoms with E-state index in [1.807, 2.05) is 4.72 Å². The monoisotopic (exact) mass is 398 g/mol. The number of hydrogen-bond acceptors (Lipinski definition) is 4. The molecule has 1 N–H and O–H groups in total. The van der Waals surface area contributed by atoms with Crippen molar-refractivity contribution in [3.8, 4) is 0 Å². The largest absolute Gasteiger partial charge is 0.418 e. The number of rotatable bonds is 5. The highest BCUT2D eigenvalue weighted by Crippen LogP contribution is 2.35. The number of anilines is 1. The predicted octanol–water partition coefficient (Wildman–Crippen LogP) is 2.74. The van der Waals surface area contributed by atoms with Crippen molar-refractivity contribution in [1.29, 1.82) is 0 Å². The molecule has 0 fully saturated rings. The van der Waals surface area contributed by atoms with E-state index < -0.39 is 51.6 Å². The Balaban J connectivity index is 1.74. The molecule has 0 aliphatic carbocycles. The number of benzene rings is 2. The number of carbonyl (C=O) groups is 2. The first-order chi connectivity index (χ1) is 12.6. The molecule has 0 radical (unpaired) electrons. The van der Waals surface area contributed by atoms with Gasteiger partial charge in [-0.2, -0.15) is 13.2 Å². The van der Waals surface area contributed by atoms with E-state index in [-0.39, 0.29) is 11.1 Å². The minimum Gasteiger partial charge on any atom is -0.283 e. The van der Waals surface area contributed by atoms with Crippen LogP contribution in [0.2, 0.25) is 0 Å². The van der Waals surface area contributed by atoms with Gasteiger partial charge in [0.15, 0.2) is 0 Å². The van der Waals surface area contributed by atoms with Crippen LogP contribution in [0, 0.1) is 0 Å². The Morgan fingerprint density at radius 3 is 1.96 bits per heavy atom. The molecule has 0 saturated carbocycles. The Morgan fingerprint density at radius 1 is 0.889 bits per heavy atom. The molecule has 0 saturated heterocycles. The lowest BCUT2D eigenvalue weighted by Gasteiger charge is -2.17. The van der Waals surface area contributed by atoms with Crippen molar-refractivity contribution in [3.63, 3.8) is 0 Å². The van der Waals surface area contributed by atoms with Gasteiger partial charge < -0.3 is 0 Å². The Hall–Kier alpha value is -2.88. The number of carbonyl (C=O) groups excluding carboxylic acids is 2. The molecule has 1 heterocycles. The van der Waals surface area contributed by atoms with Crippen LogP contribution in [-0.4, -0.2) is 37.4 Å². The molecule has 2 aromatic carbocycles. The van der Waals surface area contributed by atoms with Crippen molar-refractivity contribution in [3.05, 3.63) is 65.2 Å². The lowest BCUT2D eigenvalue weighted by molar-refractivity contribution is -0.136. The van der Waals surface area contributed by atoms with Crippen molar-refractivity contribution in [2.75, 3.05) is 17.0 Å². The van der Waals surface area contributed by atoms with Crippen LogP contribution in [0.1, 0.15) is 26.3 Å². The third-order valence-corrected chi connectivity index (χ3v) is 5.21. The van der Waals surface area contributed by atoms with Crippen LogP contribution in [0.4, 0.5) is 18.9 Å². The lowest BCUT2D eigenvalue weighted by atomic mass is 10.1. The van der Waals surface area contributed by atoms with Crippen molar-refractivity contribution in [2.45, 2.75) is 6.18 Å². The number of sulfonamides is 1. The maximum absolute atomic E-state index is 13.0. The Bertz CT molecular complexity index is 984. The summed E-state index contributed by atoms with van der Waals surface area (Å²) in [6, 6.07) is 10.2. The van der Waals surface area contributed by atoms with Crippen LogP contribution >= 0.6 is 0 Å². The fourth-order valence-electron chi connectivity index (χ4n) is 2.69. The average molecular weight is 398 g/mol. The highest BCUT2D eigenvalue weighted by Gasteiger charge is 2.36. The predicted molar refractivity (Wildman–Crippen MR) is 90.7 cm³/mol. The molecule has 0 spiro atoms. The summed E-state index contributed by atoms with van der Waals surface area (Å²) in [5.74, 6) is -2.01. The van der Waals surface area contributed by atoms with Crippen molar-refractivity contribution < 1.29 is 31.2 Å². The summed E-state index contributed by atoms with van der Waals surface area (Å²) in [5, 5.41) is 0. The number of fused-ring (bicyclic) bond motifs is 1. The molecule has 3 rings (SSSR count). The van der Waals surface area contributed by atoms with E-state index in [0.717, 1.165) is 23.1 Å². The summed E-state index contributed by atoms with van der Waals surface area (Å²) in [6.45, 7) is -0.476. The van der Waals surface area contributed by atoms with Crippen LogP contribution in [0.25, 0.3) is 0 Å². The van der Waals surface area contributed by atoms with Crippen molar-refractivity contribution >= 4 is 27.5 Å². The molecule has 0 bridgehead atoms. The number of amides is 2. The molecule has 1 aliphatic rings.